The molecule has 0 spiro atoms. The Morgan fingerprint density at radius 2 is 1.67 bits per heavy atom. The molecule has 4 N–H and O–H groups in total. The van der Waals surface area contributed by atoms with Gasteiger partial charge in [0, 0.05) is 6.42 Å². The first kappa shape index (κ1) is 16.9. The van der Waals surface area contributed by atoms with Crippen molar-refractivity contribution in [3.63, 3.8) is 0 Å². The van der Waals surface area contributed by atoms with Crippen LogP contribution < -0.4 is 5.32 Å². The number of aliphatic carboxylic acids is 1. The average molecular weight is 261 g/mol. The third-order valence-corrected chi connectivity index (χ3v) is 3.24. The quantitative estimate of drug-likeness (QED) is 0.497. The van der Waals surface area contributed by atoms with Crippen LogP contribution in [0.25, 0.3) is 0 Å². The van der Waals surface area contributed by atoms with E-state index < -0.39 is 16.9 Å². The standard InChI is InChI=1S/C12H23NO5/c1-4-12(7-14,8-15)13-9(16)5-6-11(2,3)10(17)18/h14-15H,4-8H2,1-3H3,(H,13,16)(H,17,18). The third-order valence-electron chi connectivity index (χ3n) is 3.24. The maximum atomic E-state index is 11.7. The third kappa shape index (κ3) is 4.62. The van der Waals surface area contributed by atoms with Crippen molar-refractivity contribution in [1.82, 2.24) is 5.32 Å². The summed E-state index contributed by atoms with van der Waals surface area (Å²) in [6.07, 6.45) is 0.639. The normalized spacial score (nSPS) is 12.3. The van der Waals surface area contributed by atoms with Gasteiger partial charge in [-0.3, -0.25) is 9.59 Å². The van der Waals surface area contributed by atoms with Gasteiger partial charge in [0.15, 0.2) is 0 Å². The van der Waals surface area contributed by atoms with Gasteiger partial charge in [0.2, 0.25) is 5.91 Å². The van der Waals surface area contributed by atoms with Crippen molar-refractivity contribution < 1.29 is 24.9 Å². The van der Waals surface area contributed by atoms with E-state index in [9.17, 15) is 19.8 Å². The van der Waals surface area contributed by atoms with Crippen molar-refractivity contribution in [2.75, 3.05) is 13.2 Å². The molecule has 0 bridgehead atoms. The van der Waals surface area contributed by atoms with Gasteiger partial charge < -0.3 is 20.6 Å². The van der Waals surface area contributed by atoms with Gasteiger partial charge in [-0.2, -0.15) is 0 Å². The van der Waals surface area contributed by atoms with E-state index in [2.05, 4.69) is 5.32 Å². The molecule has 0 saturated carbocycles. The van der Waals surface area contributed by atoms with Crippen LogP contribution in [0.1, 0.15) is 40.0 Å². The monoisotopic (exact) mass is 261 g/mol. The number of carbonyl (C=O) groups is 2. The Morgan fingerprint density at radius 1 is 1.17 bits per heavy atom. The number of carboxylic acid groups (broad SMARTS) is 1. The first-order chi connectivity index (χ1) is 8.23. The second kappa shape index (κ2) is 6.70. The van der Waals surface area contributed by atoms with Crippen LogP contribution in [-0.2, 0) is 9.59 Å². The van der Waals surface area contributed by atoms with Crippen LogP contribution in [0.4, 0.5) is 0 Å². The van der Waals surface area contributed by atoms with Crippen LogP contribution in [-0.4, -0.2) is 45.9 Å². The lowest BCUT2D eigenvalue weighted by Crippen LogP contribution is -2.53. The van der Waals surface area contributed by atoms with Gasteiger partial charge >= 0.3 is 5.97 Å². The average Bonchev–Trinajstić information content (AvgIpc) is 2.33. The number of hydrogen-bond donors (Lipinski definition) is 4. The van der Waals surface area contributed by atoms with Gasteiger partial charge in [-0.1, -0.05) is 6.92 Å². The van der Waals surface area contributed by atoms with Crippen molar-refractivity contribution >= 4 is 11.9 Å². The SMILES string of the molecule is CCC(CO)(CO)NC(=O)CCC(C)(C)C(=O)O. The molecule has 0 rings (SSSR count). The van der Waals surface area contributed by atoms with Crippen molar-refractivity contribution in [3.05, 3.63) is 0 Å². The molecule has 0 fully saturated rings. The molecule has 0 saturated heterocycles. The van der Waals surface area contributed by atoms with E-state index >= 15 is 0 Å². The minimum Gasteiger partial charge on any atom is -0.481 e. The Hall–Kier alpha value is -1.14. The molecule has 18 heavy (non-hydrogen) atoms. The van der Waals surface area contributed by atoms with Gasteiger partial charge in [0.1, 0.15) is 0 Å². The number of amides is 1. The zero-order chi connectivity index (χ0) is 14.4. The van der Waals surface area contributed by atoms with E-state index in [0.29, 0.717) is 6.42 Å². The Bertz CT molecular complexity index is 289. The largest absolute Gasteiger partial charge is 0.481 e. The molecule has 0 aliphatic carbocycles. The van der Waals surface area contributed by atoms with E-state index in [1.54, 1.807) is 20.8 Å². The topological polar surface area (TPSA) is 107 Å². The first-order valence-corrected chi connectivity index (χ1v) is 5.99. The molecule has 0 atom stereocenters. The molecule has 0 heterocycles. The summed E-state index contributed by atoms with van der Waals surface area (Å²) < 4.78 is 0. The highest BCUT2D eigenvalue weighted by Crippen LogP contribution is 2.22. The van der Waals surface area contributed by atoms with Crippen molar-refractivity contribution in [2.24, 2.45) is 5.41 Å². The number of hydrogen-bond acceptors (Lipinski definition) is 4. The van der Waals surface area contributed by atoms with Crippen molar-refractivity contribution in [3.8, 4) is 0 Å². The minimum atomic E-state index is -1.02. The number of aliphatic hydroxyl groups excluding tert-OH is 2. The van der Waals surface area contributed by atoms with E-state index in [-0.39, 0.29) is 32.0 Å². The van der Waals surface area contributed by atoms with Gasteiger partial charge in [0.25, 0.3) is 0 Å². The molecule has 0 aliphatic heterocycles. The van der Waals surface area contributed by atoms with Crippen LogP contribution in [0.5, 0.6) is 0 Å². The molecule has 6 nitrogen and oxygen atoms in total. The predicted octanol–water partition coefficient (Wildman–Crippen LogP) is 0.127. The molecule has 0 unspecified atom stereocenters. The lowest BCUT2D eigenvalue weighted by molar-refractivity contribution is -0.147. The van der Waals surface area contributed by atoms with Crippen molar-refractivity contribution in [2.45, 2.75) is 45.6 Å². The molecule has 6 heteroatoms. The summed E-state index contributed by atoms with van der Waals surface area (Å²) >= 11 is 0. The molecule has 106 valence electrons. The summed E-state index contributed by atoms with van der Waals surface area (Å²) in [4.78, 5) is 22.6. The summed E-state index contributed by atoms with van der Waals surface area (Å²) in [6, 6.07) is 0. The van der Waals surface area contributed by atoms with E-state index in [4.69, 9.17) is 5.11 Å². The Labute approximate surface area is 107 Å². The van der Waals surface area contributed by atoms with Crippen molar-refractivity contribution in [1.29, 1.82) is 0 Å². The Balaban J connectivity index is 4.40. The van der Waals surface area contributed by atoms with Gasteiger partial charge in [-0.05, 0) is 26.7 Å². The molecule has 0 radical (unpaired) electrons. The van der Waals surface area contributed by atoms with E-state index in [1.165, 1.54) is 0 Å². The molecule has 1 amide bonds. The highest BCUT2D eigenvalue weighted by molar-refractivity contribution is 5.79. The molecule has 0 aromatic rings. The summed E-state index contributed by atoms with van der Waals surface area (Å²) in [5.41, 5.74) is -1.99. The fourth-order valence-electron chi connectivity index (χ4n) is 1.33. The number of aliphatic hydroxyl groups is 2. The maximum absolute atomic E-state index is 11.7. The summed E-state index contributed by atoms with van der Waals surface area (Å²) in [6.45, 7) is 4.14. The fourth-order valence-corrected chi connectivity index (χ4v) is 1.33. The van der Waals surface area contributed by atoms with Crippen LogP contribution in [0.2, 0.25) is 0 Å². The molecule has 0 aliphatic rings. The highest BCUT2D eigenvalue weighted by atomic mass is 16.4. The summed E-state index contributed by atoms with van der Waals surface area (Å²) in [5, 5.41) is 29.8. The number of nitrogens with one attached hydrogen (secondary N) is 1. The first-order valence-electron chi connectivity index (χ1n) is 5.99. The molecular formula is C12H23NO5. The zero-order valence-electron chi connectivity index (χ0n) is 11.2. The van der Waals surface area contributed by atoms with E-state index in [0.717, 1.165) is 0 Å². The minimum absolute atomic E-state index is 0.0427. The zero-order valence-corrected chi connectivity index (χ0v) is 11.2. The second-order valence-electron chi connectivity index (χ2n) is 5.19. The lowest BCUT2D eigenvalue weighted by atomic mass is 9.87. The van der Waals surface area contributed by atoms with Gasteiger partial charge in [-0.15, -0.1) is 0 Å². The van der Waals surface area contributed by atoms with Gasteiger partial charge in [0.05, 0.1) is 24.2 Å². The fraction of sp³-hybridized carbons (Fsp3) is 0.833. The van der Waals surface area contributed by atoms with Crippen LogP contribution in [0, 0.1) is 5.41 Å². The molecule has 0 aromatic heterocycles. The van der Waals surface area contributed by atoms with Crippen LogP contribution in [0.3, 0.4) is 0 Å². The van der Waals surface area contributed by atoms with Crippen LogP contribution in [0.15, 0.2) is 0 Å². The molecule has 0 aromatic carbocycles. The van der Waals surface area contributed by atoms with E-state index in [1.807, 2.05) is 0 Å². The maximum Gasteiger partial charge on any atom is 0.309 e. The number of carboxylic acids is 1. The second-order valence-corrected chi connectivity index (χ2v) is 5.19. The lowest BCUT2D eigenvalue weighted by Gasteiger charge is -2.30. The number of carbonyl (C=O) groups excluding carboxylic acids is 1. The summed E-state index contributed by atoms with van der Waals surface area (Å²) in [7, 11) is 0. The van der Waals surface area contributed by atoms with Gasteiger partial charge in [-0.25, -0.2) is 0 Å². The number of rotatable bonds is 8. The summed E-state index contributed by atoms with van der Waals surface area (Å²) in [5.74, 6) is -1.32. The Kier molecular flexibility index (Phi) is 6.28. The predicted molar refractivity (Wildman–Crippen MR) is 66.0 cm³/mol. The molecular weight excluding hydrogens is 238 g/mol. The highest BCUT2D eigenvalue weighted by Gasteiger charge is 2.31. The smallest absolute Gasteiger partial charge is 0.309 e. The Morgan fingerprint density at radius 3 is 2.00 bits per heavy atom. The van der Waals surface area contributed by atoms with Crippen LogP contribution >= 0.6 is 0 Å².